The molecule has 1 aromatic heterocycles. The van der Waals surface area contributed by atoms with Crippen molar-refractivity contribution >= 4 is 40.5 Å². The molecule has 3 nitrogen and oxygen atoms in total. The zero-order valence-electron chi connectivity index (χ0n) is 5.93. The lowest BCUT2D eigenvalue weighted by Crippen LogP contribution is -1.97. The maximum absolute atomic E-state index is 10.9. The van der Waals surface area contributed by atoms with E-state index in [-0.39, 0.29) is 20.0 Å². The third-order valence-corrected chi connectivity index (χ3v) is 3.10. The van der Waals surface area contributed by atoms with Crippen molar-refractivity contribution in [2.24, 2.45) is 0 Å². The molecule has 0 saturated heterocycles. The third kappa shape index (κ3) is 1.50. The second-order valence-corrected chi connectivity index (χ2v) is 3.86. The fourth-order valence-electron chi connectivity index (χ4n) is 0.607. The van der Waals surface area contributed by atoms with Crippen LogP contribution < -0.4 is 0 Å². The Labute approximate surface area is 82.5 Å². The van der Waals surface area contributed by atoms with Gasteiger partial charge in [-0.2, -0.15) is 0 Å². The number of hydrogen-bond acceptors (Lipinski definition) is 4. The van der Waals surface area contributed by atoms with Crippen LogP contribution >= 0.6 is 34.5 Å². The van der Waals surface area contributed by atoms with Gasteiger partial charge in [-0.15, -0.1) is 11.3 Å². The molecule has 0 aromatic carbocycles. The summed E-state index contributed by atoms with van der Waals surface area (Å²) >= 11 is 12.0. The average molecular weight is 227 g/mol. The van der Waals surface area contributed by atoms with Gasteiger partial charge in [-0.25, -0.2) is 4.79 Å². The minimum atomic E-state index is -0.647. The normalized spacial score (nSPS) is 9.92. The van der Waals surface area contributed by atoms with E-state index in [1.165, 1.54) is 7.11 Å². The average Bonchev–Trinajstić information content (AvgIpc) is 2.32. The summed E-state index contributed by atoms with van der Waals surface area (Å²) in [6.07, 6.45) is 0. The lowest BCUT2D eigenvalue weighted by molar-refractivity contribution is 0.0603. The zero-order valence-corrected chi connectivity index (χ0v) is 8.26. The predicted octanol–water partition coefficient (Wildman–Crippen LogP) is 2.55. The number of carbonyl (C=O) groups excluding carboxylic acids is 1. The van der Waals surface area contributed by atoms with Crippen molar-refractivity contribution in [1.29, 1.82) is 0 Å². The van der Waals surface area contributed by atoms with Crippen LogP contribution in [0.4, 0.5) is 0 Å². The summed E-state index contributed by atoms with van der Waals surface area (Å²) in [4.78, 5) is 10.9. The van der Waals surface area contributed by atoms with Gasteiger partial charge in [0.25, 0.3) is 0 Å². The molecule has 0 aliphatic carbocycles. The molecule has 1 rings (SSSR count). The Morgan fingerprint density at radius 2 is 2.17 bits per heavy atom. The molecule has 0 spiro atoms. The van der Waals surface area contributed by atoms with Crippen LogP contribution in [-0.2, 0) is 4.74 Å². The second kappa shape index (κ2) is 3.51. The molecule has 1 N–H and O–H groups in total. The van der Waals surface area contributed by atoms with E-state index < -0.39 is 5.97 Å². The van der Waals surface area contributed by atoms with E-state index in [9.17, 15) is 9.90 Å². The van der Waals surface area contributed by atoms with Crippen LogP contribution in [0.25, 0.3) is 0 Å². The smallest absolute Gasteiger partial charge is 0.351 e. The predicted molar refractivity (Wildman–Crippen MR) is 47.3 cm³/mol. The number of rotatable bonds is 1. The summed E-state index contributed by atoms with van der Waals surface area (Å²) in [5.41, 5.74) is 0. The number of esters is 1. The molecule has 0 bridgehead atoms. The summed E-state index contributed by atoms with van der Waals surface area (Å²) in [6, 6.07) is 0. The van der Waals surface area contributed by atoms with E-state index in [0.717, 1.165) is 11.3 Å². The Morgan fingerprint density at radius 3 is 2.50 bits per heavy atom. The van der Waals surface area contributed by atoms with Gasteiger partial charge in [0.15, 0.2) is 10.6 Å². The minimum absolute atomic E-state index is 0.0120. The summed E-state index contributed by atoms with van der Waals surface area (Å²) < 4.78 is 4.56. The van der Waals surface area contributed by atoms with Crippen molar-refractivity contribution in [3.05, 3.63) is 14.2 Å². The highest BCUT2D eigenvalue weighted by Gasteiger charge is 2.20. The zero-order chi connectivity index (χ0) is 9.30. The number of halogens is 2. The maximum Gasteiger partial charge on any atom is 0.351 e. The maximum atomic E-state index is 10.9. The Hall–Kier alpha value is -0.450. The van der Waals surface area contributed by atoms with Crippen molar-refractivity contribution in [3.63, 3.8) is 0 Å². The molecule has 0 fully saturated rings. The van der Waals surface area contributed by atoms with Crippen LogP contribution in [0.15, 0.2) is 0 Å². The fourth-order valence-corrected chi connectivity index (χ4v) is 1.92. The Balaban J connectivity index is 3.17. The van der Waals surface area contributed by atoms with Crippen LogP contribution in [0.5, 0.6) is 5.75 Å². The molecule has 0 atom stereocenters. The fraction of sp³-hybridized carbons (Fsp3) is 0.167. The minimum Gasteiger partial charge on any atom is -0.505 e. The van der Waals surface area contributed by atoms with E-state index in [1.54, 1.807) is 0 Å². The molecule has 1 aromatic rings. The quantitative estimate of drug-likeness (QED) is 0.750. The number of carbonyl (C=O) groups is 1. The molecule has 0 aliphatic rings. The topological polar surface area (TPSA) is 46.5 Å². The summed E-state index contributed by atoms with van der Waals surface area (Å²) in [6.45, 7) is 0. The first kappa shape index (κ1) is 9.64. The molecule has 0 saturated carbocycles. The number of methoxy groups -OCH3 is 1. The van der Waals surface area contributed by atoms with Crippen LogP contribution in [0.3, 0.4) is 0 Å². The van der Waals surface area contributed by atoms with Gasteiger partial charge in [0.05, 0.1) is 7.11 Å². The Kier molecular flexibility index (Phi) is 2.82. The first-order chi connectivity index (χ1) is 5.57. The second-order valence-electron chi connectivity index (χ2n) is 1.86. The van der Waals surface area contributed by atoms with Gasteiger partial charge < -0.3 is 9.84 Å². The van der Waals surface area contributed by atoms with Crippen LogP contribution in [-0.4, -0.2) is 18.2 Å². The molecular formula is C6H4Cl2O3S. The summed E-state index contributed by atoms with van der Waals surface area (Å²) in [5, 5.41) is 9.20. The van der Waals surface area contributed by atoms with Crippen LogP contribution in [0, 0.1) is 0 Å². The molecule has 12 heavy (non-hydrogen) atoms. The SMILES string of the molecule is COC(=O)c1sc(Cl)c(Cl)c1O. The summed E-state index contributed by atoms with van der Waals surface area (Å²) in [7, 11) is 1.21. The van der Waals surface area contributed by atoms with E-state index in [2.05, 4.69) is 4.74 Å². The largest absolute Gasteiger partial charge is 0.505 e. The van der Waals surface area contributed by atoms with Crippen molar-refractivity contribution in [2.75, 3.05) is 7.11 Å². The third-order valence-electron chi connectivity index (χ3n) is 1.16. The van der Waals surface area contributed by atoms with Gasteiger partial charge in [0.1, 0.15) is 9.36 Å². The van der Waals surface area contributed by atoms with E-state index in [0.29, 0.717) is 0 Å². The van der Waals surface area contributed by atoms with Gasteiger partial charge in [-0.05, 0) is 0 Å². The van der Waals surface area contributed by atoms with E-state index in [4.69, 9.17) is 23.2 Å². The molecule has 1 heterocycles. The molecule has 0 unspecified atom stereocenters. The Bertz CT molecular complexity index is 321. The first-order valence-corrected chi connectivity index (χ1v) is 4.40. The number of ether oxygens (including phenoxy) is 1. The Morgan fingerprint density at radius 1 is 1.58 bits per heavy atom. The van der Waals surface area contributed by atoms with Gasteiger partial charge in [0.2, 0.25) is 0 Å². The van der Waals surface area contributed by atoms with Crippen LogP contribution in [0.1, 0.15) is 9.67 Å². The van der Waals surface area contributed by atoms with Crippen molar-refractivity contribution in [3.8, 4) is 5.75 Å². The first-order valence-electron chi connectivity index (χ1n) is 2.83. The molecular weight excluding hydrogens is 223 g/mol. The van der Waals surface area contributed by atoms with Gasteiger partial charge in [0, 0.05) is 0 Å². The van der Waals surface area contributed by atoms with E-state index >= 15 is 0 Å². The highest BCUT2D eigenvalue weighted by Crippen LogP contribution is 2.41. The molecule has 0 radical (unpaired) electrons. The van der Waals surface area contributed by atoms with Crippen LogP contribution in [0.2, 0.25) is 9.36 Å². The molecule has 0 aliphatic heterocycles. The highest BCUT2D eigenvalue weighted by molar-refractivity contribution is 7.19. The number of thiophene rings is 1. The lowest BCUT2D eigenvalue weighted by Gasteiger charge is -1.94. The van der Waals surface area contributed by atoms with Crippen molar-refractivity contribution in [2.45, 2.75) is 0 Å². The number of aromatic hydroxyl groups is 1. The molecule has 66 valence electrons. The monoisotopic (exact) mass is 226 g/mol. The van der Waals surface area contributed by atoms with E-state index in [1.807, 2.05) is 0 Å². The highest BCUT2D eigenvalue weighted by atomic mass is 35.5. The van der Waals surface area contributed by atoms with Gasteiger partial charge in [-0.3, -0.25) is 0 Å². The number of hydrogen-bond donors (Lipinski definition) is 1. The molecule has 6 heteroatoms. The standard InChI is InChI=1S/C6H4Cl2O3S/c1-11-6(10)4-3(9)2(7)5(8)12-4/h9H,1H3. The molecule has 0 amide bonds. The van der Waals surface area contributed by atoms with Crippen molar-refractivity contribution in [1.82, 2.24) is 0 Å². The summed E-state index contributed by atoms with van der Waals surface area (Å²) in [5.74, 6) is -0.968. The van der Waals surface area contributed by atoms with Crippen molar-refractivity contribution < 1.29 is 14.6 Å². The lowest BCUT2D eigenvalue weighted by atomic mass is 10.4. The van der Waals surface area contributed by atoms with Gasteiger partial charge in [-0.1, -0.05) is 23.2 Å². The van der Waals surface area contributed by atoms with Gasteiger partial charge >= 0.3 is 5.97 Å².